The van der Waals surface area contributed by atoms with E-state index < -0.39 is 0 Å². The molecule has 0 aromatic carbocycles. The third kappa shape index (κ3) is 1.48. The van der Waals surface area contributed by atoms with Crippen LogP contribution in [0.3, 0.4) is 0 Å². The van der Waals surface area contributed by atoms with Crippen molar-refractivity contribution in [3.05, 3.63) is 17.5 Å². The van der Waals surface area contributed by atoms with Gasteiger partial charge in [0, 0.05) is 6.54 Å². The topological polar surface area (TPSA) is 41.6 Å². The van der Waals surface area contributed by atoms with Crippen LogP contribution in [-0.4, -0.2) is 9.78 Å². The Bertz CT molecular complexity index is 293. The summed E-state index contributed by atoms with van der Waals surface area (Å²) >= 11 is 0. The number of aryl methyl sites for hydroxylation is 1. The van der Waals surface area contributed by atoms with Gasteiger partial charge in [0.25, 0.3) is 0 Å². The summed E-state index contributed by atoms with van der Waals surface area (Å²) in [5, 5.41) is 12.9. The van der Waals surface area contributed by atoms with Gasteiger partial charge in [-0.3, -0.25) is 4.68 Å². The van der Waals surface area contributed by atoms with Crippen LogP contribution in [0.4, 0.5) is 0 Å². The lowest BCUT2D eigenvalue weighted by atomic mass is 10.2. The van der Waals surface area contributed by atoms with Crippen molar-refractivity contribution in [1.82, 2.24) is 9.78 Å². The number of aromatic nitrogens is 2. The molecule has 0 aliphatic carbocycles. The summed E-state index contributed by atoms with van der Waals surface area (Å²) < 4.78 is 1.89. The van der Waals surface area contributed by atoms with Crippen LogP contribution in [-0.2, 0) is 13.0 Å². The Hall–Kier alpha value is -1.30. The van der Waals surface area contributed by atoms with Crippen molar-refractivity contribution in [2.24, 2.45) is 0 Å². The molecular weight excluding hydrogens is 150 g/mol. The van der Waals surface area contributed by atoms with Gasteiger partial charge in [-0.15, -0.1) is 0 Å². The lowest BCUT2D eigenvalue weighted by molar-refractivity contribution is 0.615. The highest BCUT2D eigenvalue weighted by atomic mass is 15.3. The van der Waals surface area contributed by atoms with Crippen molar-refractivity contribution in [2.45, 2.75) is 33.2 Å². The molecule has 0 saturated heterocycles. The second kappa shape index (κ2) is 3.91. The number of hydrogen-bond donors (Lipinski definition) is 0. The van der Waals surface area contributed by atoms with E-state index in [1.165, 1.54) is 0 Å². The zero-order valence-corrected chi connectivity index (χ0v) is 7.54. The third-order valence-corrected chi connectivity index (χ3v) is 1.86. The van der Waals surface area contributed by atoms with Crippen LogP contribution in [0.15, 0.2) is 6.20 Å². The first-order valence-electron chi connectivity index (χ1n) is 4.28. The minimum Gasteiger partial charge on any atom is -0.269 e. The van der Waals surface area contributed by atoms with E-state index in [0.717, 1.165) is 30.6 Å². The predicted molar refractivity (Wildman–Crippen MR) is 46.6 cm³/mol. The Kier molecular flexibility index (Phi) is 2.87. The van der Waals surface area contributed by atoms with Gasteiger partial charge in [-0.1, -0.05) is 13.3 Å². The van der Waals surface area contributed by atoms with Crippen LogP contribution in [0, 0.1) is 11.3 Å². The third-order valence-electron chi connectivity index (χ3n) is 1.86. The van der Waals surface area contributed by atoms with Gasteiger partial charge < -0.3 is 0 Å². The van der Waals surface area contributed by atoms with Crippen molar-refractivity contribution in [3.63, 3.8) is 0 Å². The molecule has 0 radical (unpaired) electrons. The molecule has 0 aliphatic heterocycles. The molecule has 3 heteroatoms. The highest BCUT2D eigenvalue weighted by Crippen LogP contribution is 2.09. The van der Waals surface area contributed by atoms with Crippen molar-refractivity contribution in [2.75, 3.05) is 0 Å². The Labute approximate surface area is 72.6 Å². The van der Waals surface area contributed by atoms with E-state index in [2.05, 4.69) is 18.1 Å². The Morgan fingerprint density at radius 2 is 2.33 bits per heavy atom. The fraction of sp³-hybridized carbons (Fsp3) is 0.556. The summed E-state index contributed by atoms with van der Waals surface area (Å²) in [4.78, 5) is 0. The van der Waals surface area contributed by atoms with Gasteiger partial charge >= 0.3 is 0 Å². The van der Waals surface area contributed by atoms with Crippen molar-refractivity contribution in [3.8, 4) is 6.07 Å². The van der Waals surface area contributed by atoms with E-state index >= 15 is 0 Å². The molecule has 0 unspecified atom stereocenters. The maximum Gasteiger partial charge on any atom is 0.103 e. The summed E-state index contributed by atoms with van der Waals surface area (Å²) in [7, 11) is 0. The van der Waals surface area contributed by atoms with Crippen LogP contribution in [0.2, 0.25) is 0 Å². The largest absolute Gasteiger partial charge is 0.269 e. The van der Waals surface area contributed by atoms with Gasteiger partial charge in [-0.05, 0) is 13.3 Å². The average molecular weight is 163 g/mol. The summed E-state index contributed by atoms with van der Waals surface area (Å²) in [6.07, 6.45) is 3.64. The summed E-state index contributed by atoms with van der Waals surface area (Å²) in [6, 6.07) is 2.15. The minimum absolute atomic E-state index is 0.721. The predicted octanol–water partition coefficient (Wildman–Crippen LogP) is 1.73. The van der Waals surface area contributed by atoms with E-state index in [-0.39, 0.29) is 0 Å². The second-order valence-electron chi connectivity index (χ2n) is 2.68. The quantitative estimate of drug-likeness (QED) is 0.680. The monoisotopic (exact) mass is 163 g/mol. The van der Waals surface area contributed by atoms with E-state index in [1.807, 2.05) is 11.6 Å². The lowest BCUT2D eigenvalue weighted by Crippen LogP contribution is -2.02. The molecule has 0 atom stereocenters. The average Bonchev–Trinajstić information content (AvgIpc) is 2.48. The Morgan fingerprint density at radius 3 is 2.83 bits per heavy atom. The highest BCUT2D eigenvalue weighted by Gasteiger charge is 2.07. The molecule has 0 saturated carbocycles. The van der Waals surface area contributed by atoms with Crippen LogP contribution in [0.25, 0.3) is 0 Å². The standard InChI is InChI=1S/C9H13N3/c1-3-5-9-8(6-10)7-11-12(9)4-2/h7H,3-5H2,1-2H3. The first-order chi connectivity index (χ1) is 5.83. The molecule has 1 rings (SSSR count). The van der Waals surface area contributed by atoms with Gasteiger partial charge in [0.2, 0.25) is 0 Å². The maximum absolute atomic E-state index is 8.75. The van der Waals surface area contributed by atoms with E-state index in [4.69, 9.17) is 5.26 Å². The lowest BCUT2D eigenvalue weighted by Gasteiger charge is -2.02. The molecule has 1 heterocycles. The molecule has 0 spiro atoms. The molecule has 12 heavy (non-hydrogen) atoms. The molecule has 3 nitrogen and oxygen atoms in total. The first kappa shape index (κ1) is 8.79. The van der Waals surface area contributed by atoms with E-state index in [9.17, 15) is 0 Å². The van der Waals surface area contributed by atoms with Crippen LogP contribution < -0.4 is 0 Å². The van der Waals surface area contributed by atoms with Gasteiger partial charge in [0.15, 0.2) is 0 Å². The van der Waals surface area contributed by atoms with Gasteiger partial charge in [0.05, 0.1) is 17.5 Å². The zero-order valence-electron chi connectivity index (χ0n) is 7.54. The van der Waals surface area contributed by atoms with Gasteiger partial charge in [-0.2, -0.15) is 10.4 Å². The number of rotatable bonds is 3. The summed E-state index contributed by atoms with van der Waals surface area (Å²) in [5.41, 5.74) is 1.79. The normalized spacial score (nSPS) is 9.75. The molecule has 0 amide bonds. The summed E-state index contributed by atoms with van der Waals surface area (Å²) in [5.74, 6) is 0. The summed E-state index contributed by atoms with van der Waals surface area (Å²) in [6.45, 7) is 4.98. The van der Waals surface area contributed by atoms with Crippen LogP contribution in [0.5, 0.6) is 0 Å². The SMILES string of the molecule is CCCc1c(C#N)cnn1CC. The van der Waals surface area contributed by atoms with Crippen molar-refractivity contribution < 1.29 is 0 Å². The molecular formula is C9H13N3. The molecule has 0 fully saturated rings. The van der Waals surface area contributed by atoms with Gasteiger partial charge in [-0.25, -0.2) is 0 Å². The fourth-order valence-corrected chi connectivity index (χ4v) is 1.28. The molecule has 64 valence electrons. The second-order valence-corrected chi connectivity index (χ2v) is 2.68. The zero-order chi connectivity index (χ0) is 8.97. The number of nitrogens with zero attached hydrogens (tertiary/aromatic N) is 3. The van der Waals surface area contributed by atoms with Crippen molar-refractivity contribution >= 4 is 0 Å². The first-order valence-corrected chi connectivity index (χ1v) is 4.28. The van der Waals surface area contributed by atoms with E-state index in [1.54, 1.807) is 6.20 Å². The molecule has 1 aromatic heterocycles. The number of nitriles is 1. The van der Waals surface area contributed by atoms with Crippen LogP contribution in [0.1, 0.15) is 31.5 Å². The van der Waals surface area contributed by atoms with Crippen molar-refractivity contribution in [1.29, 1.82) is 5.26 Å². The van der Waals surface area contributed by atoms with E-state index in [0.29, 0.717) is 0 Å². The van der Waals surface area contributed by atoms with Gasteiger partial charge in [0.1, 0.15) is 6.07 Å². The smallest absolute Gasteiger partial charge is 0.103 e. The fourth-order valence-electron chi connectivity index (χ4n) is 1.28. The minimum atomic E-state index is 0.721. The Balaban J connectivity index is 3.01. The molecule has 0 N–H and O–H groups in total. The maximum atomic E-state index is 8.75. The molecule has 0 aliphatic rings. The number of hydrogen-bond acceptors (Lipinski definition) is 2. The highest BCUT2D eigenvalue weighted by molar-refractivity contribution is 5.31. The molecule has 0 bridgehead atoms. The molecule has 1 aromatic rings. The van der Waals surface area contributed by atoms with Crippen LogP contribution >= 0.6 is 0 Å². The Morgan fingerprint density at radius 1 is 1.58 bits per heavy atom.